The van der Waals surface area contributed by atoms with E-state index in [1.807, 2.05) is 11.3 Å². The average molecular weight is 414 g/mol. The molecule has 0 saturated carbocycles. The predicted molar refractivity (Wildman–Crippen MR) is 131 cm³/mol. The molecule has 0 N–H and O–H groups in total. The Morgan fingerprint density at radius 2 is 1.43 bits per heavy atom. The number of benzene rings is 3. The molecule has 1 heterocycles. The van der Waals surface area contributed by atoms with Crippen molar-refractivity contribution in [3.63, 3.8) is 0 Å². The quantitative estimate of drug-likeness (QED) is 0.299. The molecule has 3 aromatic carbocycles. The van der Waals surface area contributed by atoms with Crippen LogP contribution in [0.1, 0.15) is 61.7 Å². The van der Waals surface area contributed by atoms with E-state index in [1.165, 1.54) is 32.8 Å². The Hall–Kier alpha value is -2.45. The van der Waals surface area contributed by atoms with E-state index in [1.54, 1.807) is 0 Å². The molecule has 0 radical (unpaired) electrons. The third kappa shape index (κ3) is 4.65. The van der Waals surface area contributed by atoms with Gasteiger partial charge in [-0.05, 0) is 47.6 Å². The molecule has 0 aliphatic rings. The summed E-state index contributed by atoms with van der Waals surface area (Å²) in [5.74, 6) is 1.12. The van der Waals surface area contributed by atoms with Crippen molar-refractivity contribution < 1.29 is 0 Å². The van der Waals surface area contributed by atoms with Crippen LogP contribution < -0.4 is 0 Å². The van der Waals surface area contributed by atoms with Gasteiger partial charge in [0.05, 0.1) is 15.2 Å². The van der Waals surface area contributed by atoms with Crippen LogP contribution in [0.25, 0.3) is 10.2 Å². The third-order valence-electron chi connectivity index (χ3n) is 5.81. The van der Waals surface area contributed by atoms with Crippen LogP contribution in [0.4, 0.5) is 0 Å². The number of rotatable bonds is 7. The maximum absolute atomic E-state index is 4.92. The SMILES string of the molecule is CC(C)CC(c1ccccc1)c1ccc(CC(C)(C)c2nc3ccccc3s2)cc1. The van der Waals surface area contributed by atoms with Crippen LogP contribution >= 0.6 is 11.3 Å². The van der Waals surface area contributed by atoms with E-state index in [9.17, 15) is 0 Å². The summed E-state index contributed by atoms with van der Waals surface area (Å²) in [7, 11) is 0. The summed E-state index contributed by atoms with van der Waals surface area (Å²) < 4.78 is 1.27. The van der Waals surface area contributed by atoms with E-state index >= 15 is 0 Å². The average Bonchev–Trinajstić information content (AvgIpc) is 3.18. The highest BCUT2D eigenvalue weighted by atomic mass is 32.1. The minimum absolute atomic E-state index is 0.0158. The lowest BCUT2D eigenvalue weighted by Crippen LogP contribution is -2.20. The van der Waals surface area contributed by atoms with E-state index in [2.05, 4.69) is 107 Å². The second kappa shape index (κ2) is 8.73. The van der Waals surface area contributed by atoms with Crippen LogP contribution in [-0.2, 0) is 11.8 Å². The Morgan fingerprint density at radius 3 is 2.10 bits per heavy atom. The maximum atomic E-state index is 4.92. The Bertz CT molecular complexity index is 1060. The summed E-state index contributed by atoms with van der Waals surface area (Å²) in [5.41, 5.74) is 5.33. The molecular weight excluding hydrogens is 382 g/mol. The molecule has 4 rings (SSSR count). The zero-order valence-corrected chi connectivity index (χ0v) is 19.2. The zero-order chi connectivity index (χ0) is 21.1. The smallest absolute Gasteiger partial charge is 0.0998 e. The number of fused-ring (bicyclic) bond motifs is 1. The fraction of sp³-hybridized carbons (Fsp3) is 0.321. The van der Waals surface area contributed by atoms with E-state index in [0.717, 1.165) is 11.9 Å². The number of aromatic nitrogens is 1. The van der Waals surface area contributed by atoms with Gasteiger partial charge >= 0.3 is 0 Å². The number of hydrogen-bond donors (Lipinski definition) is 0. The standard InChI is InChI=1S/C28H31NS/c1-20(2)18-24(22-10-6-5-7-11-22)23-16-14-21(15-17-23)19-28(3,4)27-29-25-12-8-9-13-26(25)30-27/h5-17,20,24H,18-19H2,1-4H3. The lowest BCUT2D eigenvalue weighted by molar-refractivity contribution is 0.519. The van der Waals surface area contributed by atoms with Crippen molar-refractivity contribution in [3.05, 3.63) is 101 Å². The predicted octanol–water partition coefficient (Wildman–Crippen LogP) is 7.99. The van der Waals surface area contributed by atoms with Crippen molar-refractivity contribution >= 4 is 21.6 Å². The second-order valence-electron chi connectivity index (χ2n) is 9.38. The number of nitrogens with zero attached hydrogens (tertiary/aromatic N) is 1. The van der Waals surface area contributed by atoms with Gasteiger partial charge < -0.3 is 0 Å². The Balaban J connectivity index is 1.56. The lowest BCUT2D eigenvalue weighted by Gasteiger charge is -2.23. The normalized spacial score (nSPS) is 13.1. The van der Waals surface area contributed by atoms with Crippen molar-refractivity contribution in [2.24, 2.45) is 5.92 Å². The van der Waals surface area contributed by atoms with E-state index < -0.39 is 0 Å². The van der Waals surface area contributed by atoms with Gasteiger partial charge in [0, 0.05) is 11.3 Å². The molecule has 0 bridgehead atoms. The molecule has 1 unspecified atom stereocenters. The van der Waals surface area contributed by atoms with Gasteiger partial charge in [-0.2, -0.15) is 0 Å². The van der Waals surface area contributed by atoms with Crippen LogP contribution in [0.5, 0.6) is 0 Å². The van der Waals surface area contributed by atoms with Gasteiger partial charge in [0.15, 0.2) is 0 Å². The Morgan fingerprint density at radius 1 is 0.800 bits per heavy atom. The first kappa shape index (κ1) is 20.8. The van der Waals surface area contributed by atoms with Crippen molar-refractivity contribution in [2.45, 2.75) is 51.9 Å². The van der Waals surface area contributed by atoms with Gasteiger partial charge in [0.2, 0.25) is 0 Å². The second-order valence-corrected chi connectivity index (χ2v) is 10.4. The molecule has 1 nitrogen and oxygen atoms in total. The van der Waals surface area contributed by atoms with Crippen LogP contribution in [-0.4, -0.2) is 4.98 Å². The van der Waals surface area contributed by atoms with Crippen LogP contribution in [0, 0.1) is 5.92 Å². The molecule has 154 valence electrons. The van der Waals surface area contributed by atoms with Crippen LogP contribution in [0.15, 0.2) is 78.9 Å². The maximum Gasteiger partial charge on any atom is 0.0998 e. The van der Waals surface area contributed by atoms with Crippen LogP contribution in [0.3, 0.4) is 0 Å². The van der Waals surface area contributed by atoms with Crippen molar-refractivity contribution in [1.29, 1.82) is 0 Å². The van der Waals surface area contributed by atoms with Gasteiger partial charge in [-0.25, -0.2) is 4.98 Å². The largest absolute Gasteiger partial charge is 0.241 e. The highest BCUT2D eigenvalue weighted by Gasteiger charge is 2.25. The molecule has 0 spiro atoms. The van der Waals surface area contributed by atoms with Crippen LogP contribution in [0.2, 0.25) is 0 Å². The first-order valence-electron chi connectivity index (χ1n) is 10.9. The first-order valence-corrected chi connectivity index (χ1v) is 11.7. The van der Waals surface area contributed by atoms with E-state index in [0.29, 0.717) is 11.8 Å². The summed E-state index contributed by atoms with van der Waals surface area (Å²) in [5, 5.41) is 1.22. The molecule has 0 fully saturated rings. The summed E-state index contributed by atoms with van der Waals surface area (Å²) in [4.78, 5) is 4.92. The molecule has 1 atom stereocenters. The molecule has 0 aliphatic heterocycles. The summed E-state index contributed by atoms with van der Waals surface area (Å²) in [6.45, 7) is 9.24. The van der Waals surface area contributed by atoms with Gasteiger partial charge in [-0.15, -0.1) is 11.3 Å². The van der Waals surface area contributed by atoms with Gasteiger partial charge in [-0.3, -0.25) is 0 Å². The Labute approximate surface area is 184 Å². The molecule has 0 aliphatic carbocycles. The molecule has 2 heteroatoms. The zero-order valence-electron chi connectivity index (χ0n) is 18.4. The van der Waals surface area contributed by atoms with Gasteiger partial charge in [-0.1, -0.05) is 94.4 Å². The monoisotopic (exact) mass is 413 g/mol. The fourth-order valence-electron chi connectivity index (χ4n) is 4.24. The van der Waals surface area contributed by atoms with E-state index in [4.69, 9.17) is 4.98 Å². The molecule has 30 heavy (non-hydrogen) atoms. The summed E-state index contributed by atoms with van der Waals surface area (Å²) >= 11 is 1.82. The molecule has 1 aromatic heterocycles. The summed E-state index contributed by atoms with van der Waals surface area (Å²) in [6, 6.07) is 28.7. The highest BCUT2D eigenvalue weighted by Crippen LogP contribution is 2.35. The number of para-hydroxylation sites is 1. The van der Waals surface area contributed by atoms with Crippen molar-refractivity contribution in [2.75, 3.05) is 0 Å². The molecular formula is C28H31NS. The molecule has 4 aromatic rings. The Kier molecular flexibility index (Phi) is 6.06. The topological polar surface area (TPSA) is 12.9 Å². The highest BCUT2D eigenvalue weighted by molar-refractivity contribution is 7.18. The fourth-order valence-corrected chi connectivity index (χ4v) is 5.30. The van der Waals surface area contributed by atoms with Crippen molar-refractivity contribution in [3.8, 4) is 0 Å². The first-order chi connectivity index (χ1) is 14.4. The third-order valence-corrected chi connectivity index (χ3v) is 7.21. The minimum Gasteiger partial charge on any atom is -0.241 e. The van der Waals surface area contributed by atoms with Gasteiger partial charge in [0.1, 0.15) is 0 Å². The lowest BCUT2D eigenvalue weighted by atomic mass is 9.82. The molecule has 0 amide bonds. The summed E-state index contributed by atoms with van der Waals surface area (Å²) in [6.07, 6.45) is 2.16. The number of thiazole rings is 1. The number of hydrogen-bond acceptors (Lipinski definition) is 2. The molecule has 0 saturated heterocycles. The van der Waals surface area contributed by atoms with E-state index in [-0.39, 0.29) is 5.41 Å². The van der Waals surface area contributed by atoms with Crippen molar-refractivity contribution in [1.82, 2.24) is 4.98 Å². The van der Waals surface area contributed by atoms with Gasteiger partial charge in [0.25, 0.3) is 0 Å². The minimum atomic E-state index is 0.0158.